The molecule has 12 heteroatoms. The van der Waals surface area contributed by atoms with Crippen molar-refractivity contribution in [3.63, 3.8) is 0 Å². The van der Waals surface area contributed by atoms with Gasteiger partial charge in [0.1, 0.15) is 5.70 Å². The lowest BCUT2D eigenvalue weighted by atomic mass is 10.2. The molecule has 5 aromatic rings. The molecular formula is C33H26Cl2N4O3S3. The number of thiophene rings is 1. The third-order valence-corrected chi connectivity index (χ3v) is 9.82. The number of thiazole rings is 1. The first-order valence-electron chi connectivity index (χ1n) is 13.7. The summed E-state index contributed by atoms with van der Waals surface area (Å²) >= 11 is 16.5. The molecule has 0 radical (unpaired) electrons. The van der Waals surface area contributed by atoms with Crippen molar-refractivity contribution in [2.24, 2.45) is 0 Å². The number of benzene rings is 3. The maximum absolute atomic E-state index is 13.4. The van der Waals surface area contributed by atoms with E-state index in [4.69, 9.17) is 23.2 Å². The van der Waals surface area contributed by atoms with Crippen LogP contribution in [0.25, 0.3) is 17.3 Å². The lowest BCUT2D eigenvalue weighted by Gasteiger charge is -2.15. The number of thioether (sulfide) groups is 1. The summed E-state index contributed by atoms with van der Waals surface area (Å²) in [7, 11) is 0. The largest absolute Gasteiger partial charge is 0.321 e. The number of nitrogens with zero attached hydrogens (tertiary/aromatic N) is 1. The number of nitrogens with one attached hydrogen (secondary N) is 3. The van der Waals surface area contributed by atoms with E-state index < -0.39 is 17.1 Å². The van der Waals surface area contributed by atoms with Crippen LogP contribution in [0, 0.1) is 0 Å². The minimum absolute atomic E-state index is 0.109. The molecule has 3 amide bonds. The highest BCUT2D eigenvalue weighted by Crippen LogP contribution is 2.33. The fourth-order valence-corrected chi connectivity index (χ4v) is 7.02. The second-order valence-corrected chi connectivity index (χ2v) is 13.5. The van der Waals surface area contributed by atoms with Gasteiger partial charge in [-0.15, -0.1) is 34.4 Å². The molecule has 2 heterocycles. The molecular weight excluding hydrogens is 667 g/mol. The minimum atomic E-state index is -0.472. The van der Waals surface area contributed by atoms with E-state index in [1.807, 2.05) is 41.9 Å². The first-order valence-corrected chi connectivity index (χ1v) is 17.1. The fraction of sp³-hybridized carbons (Fsp3) is 0.0909. The van der Waals surface area contributed by atoms with Gasteiger partial charge < -0.3 is 16.0 Å². The molecule has 3 N–H and O–H groups in total. The third-order valence-electron chi connectivity index (χ3n) is 6.33. The Balaban J connectivity index is 1.25. The van der Waals surface area contributed by atoms with Crippen LogP contribution in [0.3, 0.4) is 0 Å². The van der Waals surface area contributed by atoms with Crippen LogP contribution in [0.15, 0.2) is 106 Å². The molecule has 0 saturated carbocycles. The van der Waals surface area contributed by atoms with Gasteiger partial charge in [-0.05, 0) is 72.5 Å². The van der Waals surface area contributed by atoms with E-state index in [-0.39, 0.29) is 11.6 Å². The van der Waals surface area contributed by atoms with Gasteiger partial charge in [-0.3, -0.25) is 14.4 Å². The van der Waals surface area contributed by atoms with Crippen LogP contribution in [0.4, 0.5) is 10.8 Å². The Kier molecular flexibility index (Phi) is 11.1. The van der Waals surface area contributed by atoms with Crippen LogP contribution in [0.1, 0.15) is 28.6 Å². The Bertz CT molecular complexity index is 1840. The molecule has 0 fully saturated rings. The van der Waals surface area contributed by atoms with Crippen LogP contribution in [0.5, 0.6) is 0 Å². The summed E-state index contributed by atoms with van der Waals surface area (Å²) in [6.45, 7) is 1.93. The average Bonchev–Trinajstić information content (AvgIpc) is 3.72. The summed E-state index contributed by atoms with van der Waals surface area (Å²) in [5.41, 5.74) is 2.45. The molecule has 2 aromatic heterocycles. The number of hydrogen-bond donors (Lipinski definition) is 3. The van der Waals surface area contributed by atoms with Crippen LogP contribution >= 0.6 is 57.6 Å². The lowest BCUT2D eigenvalue weighted by molar-refractivity contribution is -0.116. The van der Waals surface area contributed by atoms with E-state index in [0.717, 1.165) is 15.3 Å². The second kappa shape index (κ2) is 15.4. The van der Waals surface area contributed by atoms with Crippen molar-refractivity contribution in [3.05, 3.63) is 122 Å². The zero-order chi connectivity index (χ0) is 31.8. The number of rotatable bonds is 11. The highest BCUT2D eigenvalue weighted by molar-refractivity contribution is 8.00. The van der Waals surface area contributed by atoms with Crippen LogP contribution in [0.2, 0.25) is 10.0 Å². The van der Waals surface area contributed by atoms with Crippen molar-refractivity contribution in [1.29, 1.82) is 0 Å². The topological polar surface area (TPSA) is 100 Å². The monoisotopic (exact) mass is 692 g/mol. The van der Waals surface area contributed by atoms with Gasteiger partial charge in [0.05, 0.1) is 16.0 Å². The number of anilines is 2. The number of carbonyl (C=O) groups is 3. The third kappa shape index (κ3) is 8.84. The highest BCUT2D eigenvalue weighted by atomic mass is 35.5. The van der Waals surface area contributed by atoms with Crippen molar-refractivity contribution in [1.82, 2.24) is 10.3 Å². The average molecular weight is 694 g/mol. The minimum Gasteiger partial charge on any atom is -0.321 e. The van der Waals surface area contributed by atoms with Crippen LogP contribution < -0.4 is 16.0 Å². The van der Waals surface area contributed by atoms with E-state index in [2.05, 4.69) is 20.9 Å². The first kappa shape index (κ1) is 32.5. The van der Waals surface area contributed by atoms with Gasteiger partial charge in [-0.1, -0.05) is 60.5 Å². The van der Waals surface area contributed by atoms with Crippen molar-refractivity contribution in [2.45, 2.75) is 23.5 Å². The van der Waals surface area contributed by atoms with Gasteiger partial charge in [0, 0.05) is 37.0 Å². The molecule has 1 atom stereocenters. The molecule has 0 aliphatic rings. The van der Waals surface area contributed by atoms with Gasteiger partial charge >= 0.3 is 0 Å². The lowest BCUT2D eigenvalue weighted by Crippen LogP contribution is -2.30. The molecule has 1 unspecified atom stereocenters. The standard InChI is InChI=1S/C33H26Cl2N4O3S3/c1-2-29(32(42)39-33-38-28(19-44-33)25-14-13-21(34)16-26(25)35)45-24-11-6-10-22(17-24)36-31(41)27(18-23-12-7-15-43-23)37-30(40)20-8-4-3-5-9-20/h3-19,29H,2H2,1H3,(H,36,41)(H,37,40)(H,38,39,42)/b27-18-. The predicted molar refractivity (Wildman–Crippen MR) is 187 cm³/mol. The molecule has 0 bridgehead atoms. The van der Waals surface area contributed by atoms with Crippen LogP contribution in [-0.4, -0.2) is 28.0 Å². The Morgan fingerprint density at radius 2 is 1.76 bits per heavy atom. The van der Waals surface area contributed by atoms with E-state index in [9.17, 15) is 14.4 Å². The van der Waals surface area contributed by atoms with Crippen molar-refractivity contribution < 1.29 is 14.4 Å². The van der Waals surface area contributed by atoms with Crippen molar-refractivity contribution in [3.8, 4) is 11.3 Å². The smallest absolute Gasteiger partial charge is 0.272 e. The molecule has 0 saturated heterocycles. The summed E-state index contributed by atoms with van der Waals surface area (Å²) in [6, 6.07) is 24.8. The number of halogens is 2. The Morgan fingerprint density at radius 1 is 0.933 bits per heavy atom. The molecule has 0 spiro atoms. The Hall–Kier alpha value is -3.93. The van der Waals surface area contributed by atoms with Gasteiger partial charge in [-0.25, -0.2) is 4.98 Å². The fourth-order valence-electron chi connectivity index (χ4n) is 4.13. The molecule has 7 nitrogen and oxygen atoms in total. The summed E-state index contributed by atoms with van der Waals surface area (Å²) in [6.07, 6.45) is 2.20. The molecule has 0 aliphatic carbocycles. The van der Waals surface area contributed by atoms with Gasteiger partial charge in [0.2, 0.25) is 5.91 Å². The molecule has 5 rings (SSSR count). The molecule has 0 aliphatic heterocycles. The molecule has 45 heavy (non-hydrogen) atoms. The Morgan fingerprint density at radius 3 is 2.49 bits per heavy atom. The zero-order valence-electron chi connectivity index (χ0n) is 23.8. The van der Waals surface area contributed by atoms with Crippen molar-refractivity contribution >= 4 is 92.3 Å². The number of aromatic nitrogens is 1. The highest BCUT2D eigenvalue weighted by Gasteiger charge is 2.21. The molecule has 3 aromatic carbocycles. The summed E-state index contributed by atoms with van der Waals surface area (Å²) in [5.74, 6) is -1.05. The van der Waals surface area contributed by atoms with Gasteiger partial charge in [0.15, 0.2) is 5.13 Å². The van der Waals surface area contributed by atoms with Crippen molar-refractivity contribution in [2.75, 3.05) is 10.6 Å². The maximum atomic E-state index is 13.4. The maximum Gasteiger partial charge on any atom is 0.272 e. The Labute approximate surface area is 282 Å². The quantitative estimate of drug-likeness (QED) is 0.0947. The van der Waals surface area contributed by atoms with E-state index in [0.29, 0.717) is 38.5 Å². The summed E-state index contributed by atoms with van der Waals surface area (Å²) < 4.78 is 0. The van der Waals surface area contributed by atoms with Gasteiger partial charge in [0.25, 0.3) is 11.8 Å². The van der Waals surface area contributed by atoms with Gasteiger partial charge in [-0.2, -0.15) is 0 Å². The van der Waals surface area contributed by atoms with E-state index in [1.54, 1.807) is 66.7 Å². The number of carbonyl (C=O) groups excluding carboxylic acids is 3. The predicted octanol–water partition coefficient (Wildman–Crippen LogP) is 9.10. The number of amides is 3. The molecule has 228 valence electrons. The first-order chi connectivity index (χ1) is 21.8. The van der Waals surface area contributed by atoms with E-state index >= 15 is 0 Å². The zero-order valence-corrected chi connectivity index (χ0v) is 27.7. The normalized spacial score (nSPS) is 11.9. The second-order valence-electron chi connectivity index (χ2n) is 9.54. The number of hydrogen-bond acceptors (Lipinski definition) is 7. The van der Waals surface area contributed by atoms with Crippen LogP contribution in [-0.2, 0) is 9.59 Å². The summed E-state index contributed by atoms with van der Waals surface area (Å²) in [5, 5.41) is 13.3. The SMILES string of the molecule is CCC(Sc1cccc(NC(=O)/C(=C/c2cccs2)NC(=O)c2ccccc2)c1)C(=O)Nc1nc(-c2ccc(Cl)cc2Cl)cs1. The van der Waals surface area contributed by atoms with E-state index in [1.165, 1.54) is 34.4 Å². The summed E-state index contributed by atoms with van der Waals surface area (Å²) in [4.78, 5) is 45.6.